The quantitative estimate of drug-likeness (QED) is 0.0222. The molecule has 0 aromatic rings. The smallest absolute Gasteiger partial charge is 0.462 e. The van der Waals surface area contributed by atoms with E-state index in [1.165, 1.54) is 154 Å². The SMILES string of the molecule is CCCCCCCCCCCCCCCCCCCCCCCC(=O)O[C@H](COC(=O)CCCCCCCCCCC)COP(=O)(O)OC[C@@H](O)COP(=O)(O)OC[C@@H](COC(=O)CCCCCCCCC)OC(=O)CCCCCCCCCC. The zero-order chi connectivity index (χ0) is 62.6. The minimum absolute atomic E-state index is 0.105. The van der Waals surface area contributed by atoms with E-state index in [0.29, 0.717) is 25.7 Å². The lowest BCUT2D eigenvalue weighted by atomic mass is 10.0. The van der Waals surface area contributed by atoms with Gasteiger partial charge < -0.3 is 33.8 Å². The molecule has 0 aliphatic carbocycles. The molecule has 85 heavy (non-hydrogen) atoms. The van der Waals surface area contributed by atoms with Crippen molar-refractivity contribution in [3.8, 4) is 0 Å². The summed E-state index contributed by atoms with van der Waals surface area (Å²) in [6.07, 6.45) is 47.6. The van der Waals surface area contributed by atoms with Gasteiger partial charge in [-0.2, -0.15) is 0 Å². The fourth-order valence-corrected chi connectivity index (χ4v) is 11.6. The number of esters is 4. The van der Waals surface area contributed by atoms with Gasteiger partial charge in [0.05, 0.1) is 26.4 Å². The largest absolute Gasteiger partial charge is 0.472 e. The van der Waals surface area contributed by atoms with Gasteiger partial charge in [-0.15, -0.1) is 0 Å². The number of carbonyl (C=O) groups is 4. The zero-order valence-corrected chi connectivity index (χ0v) is 56.4. The Hall–Kier alpha value is -1.94. The summed E-state index contributed by atoms with van der Waals surface area (Å²) in [5, 5.41) is 10.5. The normalized spacial score (nSPS) is 14.1. The fourth-order valence-electron chi connectivity index (χ4n) is 9.99. The molecular weight excluding hydrogens is 1130 g/mol. The second kappa shape index (κ2) is 60.9. The number of phosphoric acid groups is 2. The average Bonchev–Trinajstić information content (AvgIpc) is 3.51. The molecular formula is C66H128O17P2. The second-order valence-electron chi connectivity index (χ2n) is 23.9. The Morgan fingerprint density at radius 3 is 0.694 bits per heavy atom. The van der Waals surface area contributed by atoms with Crippen molar-refractivity contribution in [3.05, 3.63) is 0 Å². The maximum atomic E-state index is 13.0. The Labute approximate surface area is 517 Å². The molecule has 0 aromatic carbocycles. The fraction of sp³-hybridized carbons (Fsp3) is 0.939. The van der Waals surface area contributed by atoms with Gasteiger partial charge in [0, 0.05) is 25.7 Å². The second-order valence-corrected chi connectivity index (χ2v) is 26.8. The standard InChI is InChI=1S/C66H128O17P2/c1-5-9-13-17-21-24-25-26-27-28-29-30-31-32-33-34-35-37-41-45-49-53-66(71)83-62(57-77-64(69)51-47-43-40-36-22-18-14-10-6-2)59-81-85(74,75)79-55-60(67)54-78-84(72,73)80-58-61(56-76-63(68)50-46-42-38-20-16-12-8-4)82-65(70)52-48-44-39-23-19-15-11-7-3/h60-62,67H,5-59H2,1-4H3,(H,72,73)(H,74,75)/t60-,61+,62+/m0/s1. The summed E-state index contributed by atoms with van der Waals surface area (Å²) >= 11 is 0. The van der Waals surface area contributed by atoms with Gasteiger partial charge in [0.2, 0.25) is 0 Å². The summed E-state index contributed by atoms with van der Waals surface area (Å²) in [6.45, 7) is 4.82. The Balaban J connectivity index is 5.06. The molecule has 0 heterocycles. The van der Waals surface area contributed by atoms with Gasteiger partial charge >= 0.3 is 39.5 Å². The van der Waals surface area contributed by atoms with E-state index in [9.17, 15) is 43.2 Å². The van der Waals surface area contributed by atoms with Crippen LogP contribution in [0.3, 0.4) is 0 Å². The molecule has 17 nitrogen and oxygen atoms in total. The van der Waals surface area contributed by atoms with Gasteiger partial charge in [0.1, 0.15) is 19.3 Å². The molecule has 5 atom stereocenters. The van der Waals surface area contributed by atoms with Gasteiger partial charge in [-0.3, -0.25) is 37.3 Å². The van der Waals surface area contributed by atoms with Crippen LogP contribution < -0.4 is 0 Å². The van der Waals surface area contributed by atoms with Crippen LogP contribution >= 0.6 is 15.6 Å². The molecule has 504 valence electrons. The number of aliphatic hydroxyl groups excluding tert-OH is 1. The third kappa shape index (κ3) is 60.7. The van der Waals surface area contributed by atoms with Gasteiger partial charge in [-0.1, -0.05) is 291 Å². The molecule has 0 saturated carbocycles. The first-order chi connectivity index (χ1) is 41.2. The van der Waals surface area contributed by atoms with E-state index in [4.69, 9.17) is 37.0 Å². The molecule has 19 heteroatoms. The van der Waals surface area contributed by atoms with Crippen LogP contribution in [-0.2, 0) is 65.4 Å². The van der Waals surface area contributed by atoms with Crippen LogP contribution in [0.1, 0.15) is 342 Å². The molecule has 0 radical (unpaired) electrons. The number of unbranched alkanes of at least 4 members (excludes halogenated alkanes) is 41. The number of rotatable bonds is 67. The lowest BCUT2D eigenvalue weighted by Crippen LogP contribution is -2.30. The molecule has 2 unspecified atom stereocenters. The summed E-state index contributed by atoms with van der Waals surface area (Å²) in [7, 11) is -9.88. The van der Waals surface area contributed by atoms with Crippen LogP contribution in [-0.4, -0.2) is 96.7 Å². The van der Waals surface area contributed by atoms with E-state index in [0.717, 1.165) is 109 Å². The molecule has 0 rings (SSSR count). The van der Waals surface area contributed by atoms with E-state index in [2.05, 4.69) is 27.7 Å². The summed E-state index contributed by atoms with van der Waals surface area (Å²) in [5.41, 5.74) is 0. The predicted octanol–water partition coefficient (Wildman–Crippen LogP) is 18.7. The highest BCUT2D eigenvalue weighted by atomic mass is 31.2. The highest BCUT2D eigenvalue weighted by Gasteiger charge is 2.30. The van der Waals surface area contributed by atoms with Gasteiger partial charge in [-0.05, 0) is 25.7 Å². The summed E-state index contributed by atoms with van der Waals surface area (Å²) in [6, 6.07) is 0. The number of hydrogen-bond acceptors (Lipinski definition) is 15. The number of phosphoric ester groups is 2. The highest BCUT2D eigenvalue weighted by Crippen LogP contribution is 2.45. The topological polar surface area (TPSA) is 237 Å². The number of carbonyl (C=O) groups excluding carboxylic acids is 4. The van der Waals surface area contributed by atoms with E-state index < -0.39 is 97.5 Å². The predicted molar refractivity (Wildman–Crippen MR) is 340 cm³/mol. The first kappa shape index (κ1) is 83.1. The highest BCUT2D eigenvalue weighted by molar-refractivity contribution is 7.47. The van der Waals surface area contributed by atoms with Crippen LogP contribution in [0.15, 0.2) is 0 Å². The molecule has 0 aliphatic heterocycles. The molecule has 0 bridgehead atoms. The lowest BCUT2D eigenvalue weighted by molar-refractivity contribution is -0.161. The molecule has 3 N–H and O–H groups in total. The first-order valence-corrected chi connectivity index (χ1v) is 37.8. The van der Waals surface area contributed by atoms with Crippen molar-refractivity contribution in [3.63, 3.8) is 0 Å². The Morgan fingerprint density at radius 1 is 0.282 bits per heavy atom. The van der Waals surface area contributed by atoms with E-state index in [1.54, 1.807) is 0 Å². The first-order valence-electron chi connectivity index (χ1n) is 34.8. The minimum Gasteiger partial charge on any atom is -0.462 e. The molecule has 0 aliphatic rings. The maximum Gasteiger partial charge on any atom is 0.472 e. The van der Waals surface area contributed by atoms with Crippen molar-refractivity contribution in [2.24, 2.45) is 0 Å². The van der Waals surface area contributed by atoms with Crippen LogP contribution in [0.2, 0.25) is 0 Å². The molecule has 0 spiro atoms. The van der Waals surface area contributed by atoms with Crippen LogP contribution in [0.25, 0.3) is 0 Å². The van der Waals surface area contributed by atoms with Gasteiger partial charge in [0.15, 0.2) is 12.2 Å². The minimum atomic E-state index is -4.94. The molecule has 0 aromatic heterocycles. The van der Waals surface area contributed by atoms with Crippen molar-refractivity contribution in [1.82, 2.24) is 0 Å². The van der Waals surface area contributed by atoms with Crippen molar-refractivity contribution in [2.45, 2.75) is 361 Å². The third-order valence-electron chi connectivity index (χ3n) is 15.4. The van der Waals surface area contributed by atoms with Crippen LogP contribution in [0.4, 0.5) is 0 Å². The Bertz CT molecular complexity index is 1640. The number of ether oxygens (including phenoxy) is 4. The van der Waals surface area contributed by atoms with Gasteiger partial charge in [0.25, 0.3) is 0 Å². The molecule has 0 fully saturated rings. The monoisotopic (exact) mass is 1250 g/mol. The zero-order valence-electron chi connectivity index (χ0n) is 54.6. The van der Waals surface area contributed by atoms with Crippen molar-refractivity contribution >= 4 is 39.5 Å². The number of aliphatic hydroxyl groups is 1. The molecule has 0 amide bonds. The summed E-state index contributed by atoms with van der Waals surface area (Å²) < 4.78 is 67.8. The molecule has 0 saturated heterocycles. The summed E-state index contributed by atoms with van der Waals surface area (Å²) in [4.78, 5) is 72.0. The maximum absolute atomic E-state index is 13.0. The average molecular weight is 1260 g/mol. The van der Waals surface area contributed by atoms with E-state index in [-0.39, 0.29) is 25.7 Å². The van der Waals surface area contributed by atoms with Crippen LogP contribution in [0.5, 0.6) is 0 Å². The Morgan fingerprint density at radius 2 is 0.471 bits per heavy atom. The number of hydrogen-bond donors (Lipinski definition) is 3. The van der Waals surface area contributed by atoms with Crippen LogP contribution in [0, 0.1) is 0 Å². The van der Waals surface area contributed by atoms with Crippen molar-refractivity contribution in [2.75, 3.05) is 39.6 Å². The van der Waals surface area contributed by atoms with Crippen molar-refractivity contribution < 1.29 is 80.2 Å². The van der Waals surface area contributed by atoms with E-state index in [1.807, 2.05) is 0 Å². The van der Waals surface area contributed by atoms with E-state index >= 15 is 0 Å². The lowest BCUT2D eigenvalue weighted by Gasteiger charge is -2.21. The van der Waals surface area contributed by atoms with Crippen molar-refractivity contribution in [1.29, 1.82) is 0 Å². The third-order valence-corrected chi connectivity index (χ3v) is 17.3. The summed E-state index contributed by atoms with van der Waals surface area (Å²) in [5.74, 6) is -2.14. The van der Waals surface area contributed by atoms with Gasteiger partial charge in [-0.25, -0.2) is 9.13 Å². The Kier molecular flexibility index (Phi) is 59.6.